The quantitative estimate of drug-likeness (QED) is 0.571. The van der Waals surface area contributed by atoms with E-state index in [1.807, 2.05) is 32.2 Å². The predicted octanol–water partition coefficient (Wildman–Crippen LogP) is 3.47. The number of H-pyrrole nitrogens is 1. The molecular weight excluding hydrogens is 352 g/mol. The number of fused-ring (bicyclic) bond motifs is 2. The van der Waals surface area contributed by atoms with Crippen LogP contribution >= 0.6 is 0 Å². The standard InChI is InChI=1S/C21H22N6O/c1-12-5-3-8-14-9-15(27(2)21(28)16(12)14)17(13-6-4-7-13)26-20-18-19(23-10-22-18)24-11-25-20/h3,5,8-11,13,17H,4,6-7H2,1-2H3,(H2,22,23,24,25,26)/t17-/m0/s1. The van der Waals surface area contributed by atoms with E-state index >= 15 is 0 Å². The zero-order chi connectivity index (χ0) is 19.3. The van der Waals surface area contributed by atoms with Crippen molar-refractivity contribution in [2.75, 3.05) is 5.32 Å². The van der Waals surface area contributed by atoms with Crippen LogP contribution in [0.5, 0.6) is 0 Å². The lowest BCUT2D eigenvalue weighted by Crippen LogP contribution is -2.32. The van der Waals surface area contributed by atoms with Gasteiger partial charge in [-0.05, 0) is 42.7 Å². The topological polar surface area (TPSA) is 88.5 Å². The van der Waals surface area contributed by atoms with Gasteiger partial charge in [-0.15, -0.1) is 0 Å². The SMILES string of the molecule is Cc1cccc2cc([C@@H](Nc3ncnc4[nH]cnc34)C3CCC3)n(C)c(=O)c12. The minimum atomic E-state index is -0.00818. The van der Waals surface area contributed by atoms with Crippen LogP contribution in [0.15, 0.2) is 41.7 Å². The lowest BCUT2D eigenvalue weighted by molar-refractivity contribution is 0.270. The second-order valence-corrected chi connectivity index (χ2v) is 7.61. The van der Waals surface area contributed by atoms with E-state index in [1.54, 1.807) is 10.9 Å². The van der Waals surface area contributed by atoms with Gasteiger partial charge < -0.3 is 14.9 Å². The average molecular weight is 374 g/mol. The van der Waals surface area contributed by atoms with Crippen LogP contribution in [0.4, 0.5) is 5.82 Å². The Balaban J connectivity index is 1.66. The molecule has 1 atom stereocenters. The zero-order valence-electron chi connectivity index (χ0n) is 15.9. The first kappa shape index (κ1) is 16.9. The Hall–Kier alpha value is -3.22. The lowest BCUT2D eigenvalue weighted by Gasteiger charge is -2.35. The summed E-state index contributed by atoms with van der Waals surface area (Å²) in [5.41, 5.74) is 3.45. The molecule has 0 radical (unpaired) electrons. The fourth-order valence-corrected chi connectivity index (χ4v) is 4.17. The fourth-order valence-electron chi connectivity index (χ4n) is 4.17. The molecule has 28 heavy (non-hydrogen) atoms. The summed E-state index contributed by atoms with van der Waals surface area (Å²) in [4.78, 5) is 29.1. The van der Waals surface area contributed by atoms with Crippen molar-refractivity contribution in [2.24, 2.45) is 13.0 Å². The fraction of sp³-hybridized carbons (Fsp3) is 0.333. The molecule has 1 saturated carbocycles. The summed E-state index contributed by atoms with van der Waals surface area (Å²) in [5, 5.41) is 5.35. The Morgan fingerprint density at radius 1 is 1.25 bits per heavy atom. The molecule has 1 fully saturated rings. The minimum Gasteiger partial charge on any atom is -0.360 e. The van der Waals surface area contributed by atoms with Crippen LogP contribution in [0.2, 0.25) is 0 Å². The van der Waals surface area contributed by atoms with Gasteiger partial charge in [-0.25, -0.2) is 15.0 Å². The lowest BCUT2D eigenvalue weighted by atomic mass is 9.78. The first-order valence-corrected chi connectivity index (χ1v) is 9.63. The summed E-state index contributed by atoms with van der Waals surface area (Å²) >= 11 is 0. The molecule has 2 N–H and O–H groups in total. The summed E-state index contributed by atoms with van der Waals surface area (Å²) in [6.07, 6.45) is 6.63. The van der Waals surface area contributed by atoms with Crippen LogP contribution in [-0.2, 0) is 7.05 Å². The first-order valence-electron chi connectivity index (χ1n) is 9.63. The van der Waals surface area contributed by atoms with E-state index in [4.69, 9.17) is 0 Å². The maximum Gasteiger partial charge on any atom is 0.258 e. The van der Waals surface area contributed by atoms with Crippen LogP contribution in [-0.4, -0.2) is 24.5 Å². The molecule has 0 amide bonds. The van der Waals surface area contributed by atoms with E-state index in [9.17, 15) is 4.79 Å². The number of anilines is 1. The Bertz CT molecular complexity index is 1240. The largest absolute Gasteiger partial charge is 0.360 e. The average Bonchev–Trinajstić information content (AvgIpc) is 3.12. The van der Waals surface area contributed by atoms with Gasteiger partial charge in [-0.2, -0.15) is 0 Å². The van der Waals surface area contributed by atoms with Crippen molar-refractivity contribution >= 4 is 27.8 Å². The molecular formula is C21H22N6O. The van der Waals surface area contributed by atoms with Crippen LogP contribution in [0.25, 0.3) is 21.9 Å². The summed E-state index contributed by atoms with van der Waals surface area (Å²) in [6.45, 7) is 1.99. The molecule has 7 nitrogen and oxygen atoms in total. The number of nitrogens with zero attached hydrogens (tertiary/aromatic N) is 4. The Kier molecular flexibility index (Phi) is 3.89. The highest BCUT2D eigenvalue weighted by atomic mass is 16.1. The molecule has 0 bridgehead atoms. The minimum absolute atomic E-state index is 0.00818. The van der Waals surface area contributed by atoms with Crippen molar-refractivity contribution in [1.29, 1.82) is 0 Å². The Morgan fingerprint density at radius 3 is 2.89 bits per heavy atom. The number of rotatable bonds is 4. The van der Waals surface area contributed by atoms with Gasteiger partial charge >= 0.3 is 0 Å². The number of nitrogens with one attached hydrogen (secondary N) is 2. The number of benzene rings is 1. The van der Waals surface area contributed by atoms with E-state index in [2.05, 4.69) is 31.3 Å². The van der Waals surface area contributed by atoms with Crippen LogP contribution in [0.1, 0.15) is 36.6 Å². The van der Waals surface area contributed by atoms with Crippen LogP contribution in [0.3, 0.4) is 0 Å². The van der Waals surface area contributed by atoms with Crippen molar-refractivity contribution in [3.63, 3.8) is 0 Å². The second-order valence-electron chi connectivity index (χ2n) is 7.61. The smallest absolute Gasteiger partial charge is 0.258 e. The van der Waals surface area contributed by atoms with E-state index in [1.165, 1.54) is 12.7 Å². The first-order chi connectivity index (χ1) is 13.6. The molecule has 1 aromatic carbocycles. The van der Waals surface area contributed by atoms with Crippen molar-refractivity contribution in [3.05, 3.63) is 58.5 Å². The van der Waals surface area contributed by atoms with E-state index in [-0.39, 0.29) is 11.6 Å². The molecule has 1 aliphatic carbocycles. The van der Waals surface area contributed by atoms with Gasteiger partial charge in [0.2, 0.25) is 0 Å². The molecule has 142 valence electrons. The molecule has 0 unspecified atom stereocenters. The summed E-state index contributed by atoms with van der Waals surface area (Å²) in [6, 6.07) is 8.14. The third-order valence-corrected chi connectivity index (χ3v) is 5.96. The highest BCUT2D eigenvalue weighted by molar-refractivity contribution is 5.85. The maximum atomic E-state index is 13.1. The number of aromatic amines is 1. The van der Waals surface area contributed by atoms with Gasteiger partial charge in [-0.1, -0.05) is 24.6 Å². The van der Waals surface area contributed by atoms with Gasteiger partial charge in [0.15, 0.2) is 11.5 Å². The molecule has 4 aromatic rings. The molecule has 0 saturated heterocycles. The number of pyridine rings is 1. The molecule has 0 aliphatic heterocycles. The van der Waals surface area contributed by atoms with Gasteiger partial charge in [0.25, 0.3) is 5.56 Å². The van der Waals surface area contributed by atoms with E-state index in [0.29, 0.717) is 22.9 Å². The number of imidazole rings is 1. The van der Waals surface area contributed by atoms with Crippen LogP contribution < -0.4 is 10.9 Å². The Morgan fingerprint density at radius 2 is 2.11 bits per heavy atom. The highest BCUT2D eigenvalue weighted by Crippen LogP contribution is 2.40. The second kappa shape index (κ2) is 6.44. The summed E-state index contributed by atoms with van der Waals surface area (Å²) in [5.74, 6) is 1.15. The predicted molar refractivity (Wildman–Crippen MR) is 109 cm³/mol. The molecule has 3 aromatic heterocycles. The molecule has 5 rings (SSSR count). The normalized spacial score (nSPS) is 15.6. The molecule has 1 aliphatic rings. The van der Waals surface area contributed by atoms with Gasteiger partial charge in [0.05, 0.1) is 17.8 Å². The third kappa shape index (κ3) is 2.58. The number of hydrogen-bond donors (Lipinski definition) is 2. The number of aryl methyl sites for hydroxylation is 1. The summed E-state index contributed by atoms with van der Waals surface area (Å²) in [7, 11) is 1.86. The molecule has 3 heterocycles. The maximum absolute atomic E-state index is 13.1. The Labute approximate surface area is 161 Å². The molecule has 7 heteroatoms. The summed E-state index contributed by atoms with van der Waals surface area (Å²) < 4.78 is 1.79. The van der Waals surface area contributed by atoms with Gasteiger partial charge in [0, 0.05) is 12.7 Å². The van der Waals surface area contributed by atoms with Gasteiger partial charge in [-0.3, -0.25) is 4.79 Å². The van der Waals surface area contributed by atoms with Crippen molar-refractivity contribution in [3.8, 4) is 0 Å². The monoisotopic (exact) mass is 374 g/mol. The number of aromatic nitrogens is 5. The van der Waals surface area contributed by atoms with Crippen molar-refractivity contribution in [2.45, 2.75) is 32.2 Å². The number of hydrogen-bond acceptors (Lipinski definition) is 5. The zero-order valence-corrected chi connectivity index (χ0v) is 15.9. The van der Waals surface area contributed by atoms with Crippen molar-refractivity contribution in [1.82, 2.24) is 24.5 Å². The van der Waals surface area contributed by atoms with Gasteiger partial charge in [0.1, 0.15) is 11.8 Å². The van der Waals surface area contributed by atoms with Crippen LogP contribution in [0, 0.1) is 12.8 Å². The van der Waals surface area contributed by atoms with E-state index in [0.717, 1.165) is 34.9 Å². The third-order valence-electron chi connectivity index (χ3n) is 5.96. The van der Waals surface area contributed by atoms with E-state index < -0.39 is 0 Å². The molecule has 0 spiro atoms. The van der Waals surface area contributed by atoms with Crippen molar-refractivity contribution < 1.29 is 0 Å². The highest BCUT2D eigenvalue weighted by Gasteiger charge is 2.31.